The van der Waals surface area contributed by atoms with Crippen molar-refractivity contribution in [1.29, 1.82) is 0 Å². The Hall–Kier alpha value is -2.89. The first-order valence-electron chi connectivity index (χ1n) is 11.1. The number of pyridine rings is 1. The molecule has 2 aliphatic rings. The third-order valence-electron chi connectivity index (χ3n) is 6.62. The largest absolute Gasteiger partial charge is 0.324 e. The van der Waals surface area contributed by atoms with Crippen molar-refractivity contribution in [2.75, 3.05) is 18.4 Å². The summed E-state index contributed by atoms with van der Waals surface area (Å²) < 4.78 is 2.40. The van der Waals surface area contributed by atoms with Gasteiger partial charge >= 0.3 is 6.03 Å². The summed E-state index contributed by atoms with van der Waals surface area (Å²) in [7, 11) is 0. The molecule has 0 unspecified atom stereocenters. The first-order valence-corrected chi connectivity index (χ1v) is 11.1. The molecule has 1 aliphatic carbocycles. The Morgan fingerprint density at radius 2 is 1.77 bits per heavy atom. The topological polar surface area (TPSA) is 63.1 Å². The number of imidazole rings is 1. The SMILES string of the molecule is Cc1ccc(NC(=O)N2CCC(n3c(C4CCCC4)nc4cccnc43)CC2)cc1. The number of amides is 2. The number of hydrogen-bond acceptors (Lipinski definition) is 3. The molecule has 0 radical (unpaired) electrons. The average molecular weight is 404 g/mol. The third-order valence-corrected chi connectivity index (χ3v) is 6.62. The van der Waals surface area contributed by atoms with E-state index >= 15 is 0 Å². The highest BCUT2D eigenvalue weighted by atomic mass is 16.2. The summed E-state index contributed by atoms with van der Waals surface area (Å²) in [5, 5.41) is 3.03. The Labute approximate surface area is 177 Å². The fourth-order valence-corrected chi connectivity index (χ4v) is 4.95. The second-order valence-electron chi connectivity index (χ2n) is 8.68. The number of aryl methyl sites for hydroxylation is 1. The number of aromatic nitrogens is 3. The second-order valence-corrected chi connectivity index (χ2v) is 8.68. The Balaban J connectivity index is 1.31. The molecule has 1 saturated carbocycles. The predicted octanol–water partition coefficient (Wildman–Crippen LogP) is 5.27. The summed E-state index contributed by atoms with van der Waals surface area (Å²) in [6.45, 7) is 3.54. The molecule has 5 rings (SSSR count). The van der Waals surface area contributed by atoms with Crippen LogP contribution >= 0.6 is 0 Å². The van der Waals surface area contributed by atoms with E-state index in [9.17, 15) is 4.79 Å². The van der Waals surface area contributed by atoms with Gasteiger partial charge in [-0.15, -0.1) is 0 Å². The van der Waals surface area contributed by atoms with E-state index in [1.54, 1.807) is 0 Å². The quantitative estimate of drug-likeness (QED) is 0.648. The molecule has 2 aromatic heterocycles. The zero-order valence-electron chi connectivity index (χ0n) is 17.6. The highest BCUT2D eigenvalue weighted by Crippen LogP contribution is 2.38. The van der Waals surface area contributed by atoms with E-state index in [-0.39, 0.29) is 6.03 Å². The minimum Gasteiger partial charge on any atom is -0.324 e. The molecule has 156 valence electrons. The van der Waals surface area contributed by atoms with Crippen LogP contribution in [-0.4, -0.2) is 38.6 Å². The van der Waals surface area contributed by atoms with Crippen LogP contribution in [-0.2, 0) is 0 Å². The minimum atomic E-state index is -0.0121. The van der Waals surface area contributed by atoms with Gasteiger partial charge in [-0.05, 0) is 56.9 Å². The van der Waals surface area contributed by atoms with E-state index in [0.29, 0.717) is 12.0 Å². The number of nitrogens with one attached hydrogen (secondary N) is 1. The number of fused-ring (bicyclic) bond motifs is 1. The molecule has 0 atom stereocenters. The van der Waals surface area contributed by atoms with Crippen molar-refractivity contribution in [3.05, 3.63) is 54.0 Å². The summed E-state index contributed by atoms with van der Waals surface area (Å²) in [6.07, 6.45) is 8.76. The molecular formula is C24H29N5O. The third kappa shape index (κ3) is 3.66. The van der Waals surface area contributed by atoms with Crippen LogP contribution < -0.4 is 5.32 Å². The van der Waals surface area contributed by atoms with Gasteiger partial charge in [0.1, 0.15) is 11.3 Å². The number of piperidine rings is 1. The zero-order valence-corrected chi connectivity index (χ0v) is 17.6. The molecule has 2 amide bonds. The number of carbonyl (C=O) groups excluding carboxylic acids is 1. The van der Waals surface area contributed by atoms with E-state index in [1.165, 1.54) is 37.1 Å². The molecule has 2 fully saturated rings. The number of rotatable bonds is 3. The summed E-state index contributed by atoms with van der Waals surface area (Å²) in [5.41, 5.74) is 4.04. The fraction of sp³-hybridized carbons (Fsp3) is 0.458. The van der Waals surface area contributed by atoms with Crippen LogP contribution in [0.5, 0.6) is 0 Å². The number of likely N-dealkylation sites (tertiary alicyclic amines) is 1. The Morgan fingerprint density at radius 1 is 1.03 bits per heavy atom. The lowest BCUT2D eigenvalue weighted by atomic mass is 10.0. The number of carbonyl (C=O) groups is 1. The predicted molar refractivity (Wildman–Crippen MR) is 119 cm³/mol. The minimum absolute atomic E-state index is 0.0121. The van der Waals surface area contributed by atoms with Crippen LogP contribution in [0.2, 0.25) is 0 Å². The van der Waals surface area contributed by atoms with Gasteiger partial charge in [0.25, 0.3) is 0 Å². The maximum atomic E-state index is 12.7. The highest BCUT2D eigenvalue weighted by molar-refractivity contribution is 5.89. The van der Waals surface area contributed by atoms with Crippen molar-refractivity contribution >= 4 is 22.9 Å². The lowest BCUT2D eigenvalue weighted by Crippen LogP contribution is -2.41. The fourth-order valence-electron chi connectivity index (χ4n) is 4.95. The number of nitrogens with zero attached hydrogens (tertiary/aromatic N) is 4. The van der Waals surface area contributed by atoms with Gasteiger partial charge in [-0.1, -0.05) is 30.5 Å². The molecule has 6 heteroatoms. The maximum absolute atomic E-state index is 12.7. The number of benzene rings is 1. The number of anilines is 1. The van der Waals surface area contributed by atoms with Crippen molar-refractivity contribution in [3.8, 4) is 0 Å². The first kappa shape index (κ1) is 19.1. The van der Waals surface area contributed by atoms with Crippen LogP contribution in [0.25, 0.3) is 11.2 Å². The van der Waals surface area contributed by atoms with Gasteiger partial charge in [-0.25, -0.2) is 14.8 Å². The number of hydrogen-bond donors (Lipinski definition) is 1. The Bertz CT molecular complexity index is 1030. The van der Waals surface area contributed by atoms with Crippen LogP contribution in [0, 0.1) is 6.92 Å². The molecule has 1 saturated heterocycles. The van der Waals surface area contributed by atoms with Crippen LogP contribution in [0.1, 0.15) is 61.9 Å². The average Bonchev–Trinajstić information content (AvgIpc) is 3.43. The van der Waals surface area contributed by atoms with E-state index in [1.807, 2.05) is 48.4 Å². The molecule has 30 heavy (non-hydrogen) atoms. The van der Waals surface area contributed by atoms with Crippen LogP contribution in [0.4, 0.5) is 10.5 Å². The Morgan fingerprint density at radius 3 is 2.50 bits per heavy atom. The lowest BCUT2D eigenvalue weighted by molar-refractivity contribution is 0.183. The van der Waals surface area contributed by atoms with Crippen molar-refractivity contribution in [1.82, 2.24) is 19.4 Å². The normalized spacial score (nSPS) is 18.2. The van der Waals surface area contributed by atoms with Crippen molar-refractivity contribution < 1.29 is 4.79 Å². The first-order chi connectivity index (χ1) is 14.7. The number of urea groups is 1. The van der Waals surface area contributed by atoms with Gasteiger partial charge in [-0.3, -0.25) is 0 Å². The van der Waals surface area contributed by atoms with Crippen molar-refractivity contribution in [2.45, 2.75) is 57.4 Å². The summed E-state index contributed by atoms with van der Waals surface area (Å²) in [4.78, 5) is 24.3. The van der Waals surface area contributed by atoms with Gasteiger partial charge in [0.05, 0.1) is 0 Å². The molecule has 6 nitrogen and oxygen atoms in total. The summed E-state index contributed by atoms with van der Waals surface area (Å²) >= 11 is 0. The molecule has 0 spiro atoms. The molecule has 3 aromatic rings. The molecule has 1 aromatic carbocycles. The molecule has 3 heterocycles. The summed E-state index contributed by atoms with van der Waals surface area (Å²) in [5.74, 6) is 1.76. The molecule has 1 aliphatic heterocycles. The highest BCUT2D eigenvalue weighted by Gasteiger charge is 2.30. The molecule has 0 bridgehead atoms. The molecular weight excluding hydrogens is 374 g/mol. The lowest BCUT2D eigenvalue weighted by Gasteiger charge is -2.34. The van der Waals surface area contributed by atoms with E-state index in [2.05, 4.69) is 20.9 Å². The van der Waals surface area contributed by atoms with Crippen LogP contribution in [0.15, 0.2) is 42.6 Å². The zero-order chi connectivity index (χ0) is 20.5. The van der Waals surface area contributed by atoms with Gasteiger partial charge in [0.2, 0.25) is 0 Å². The van der Waals surface area contributed by atoms with Gasteiger partial charge in [-0.2, -0.15) is 0 Å². The monoisotopic (exact) mass is 403 g/mol. The maximum Gasteiger partial charge on any atom is 0.321 e. The van der Waals surface area contributed by atoms with Gasteiger partial charge < -0.3 is 14.8 Å². The van der Waals surface area contributed by atoms with E-state index in [4.69, 9.17) is 4.98 Å². The molecule has 1 N–H and O–H groups in total. The van der Waals surface area contributed by atoms with E-state index in [0.717, 1.165) is 42.8 Å². The van der Waals surface area contributed by atoms with Crippen LogP contribution in [0.3, 0.4) is 0 Å². The van der Waals surface area contributed by atoms with Gasteiger partial charge in [0, 0.05) is 36.9 Å². The van der Waals surface area contributed by atoms with E-state index < -0.39 is 0 Å². The smallest absolute Gasteiger partial charge is 0.321 e. The van der Waals surface area contributed by atoms with Gasteiger partial charge in [0.15, 0.2) is 5.65 Å². The second kappa shape index (κ2) is 8.09. The summed E-state index contributed by atoms with van der Waals surface area (Å²) in [6, 6.07) is 12.3. The van der Waals surface area contributed by atoms with Crippen molar-refractivity contribution in [3.63, 3.8) is 0 Å². The van der Waals surface area contributed by atoms with Crippen molar-refractivity contribution in [2.24, 2.45) is 0 Å². The Kier molecular flexibility index (Phi) is 5.15. The standard InChI is InChI=1S/C24H29N5O/c1-17-8-10-19(11-9-17)26-24(30)28-15-12-20(13-16-28)29-22(18-5-2-3-6-18)27-21-7-4-14-25-23(21)29/h4,7-11,14,18,20H,2-3,5-6,12-13,15-16H2,1H3,(H,26,30).